The van der Waals surface area contributed by atoms with Crippen molar-refractivity contribution in [1.29, 1.82) is 0 Å². The van der Waals surface area contributed by atoms with Gasteiger partial charge in [0.15, 0.2) is 17.4 Å². The molecule has 0 spiro atoms. The highest BCUT2D eigenvalue weighted by Gasteiger charge is 2.18. The van der Waals surface area contributed by atoms with Gasteiger partial charge in [-0.2, -0.15) is 0 Å². The van der Waals surface area contributed by atoms with Crippen LogP contribution in [0.2, 0.25) is 0 Å². The average Bonchev–Trinajstić information content (AvgIpc) is 2.10. The van der Waals surface area contributed by atoms with Gasteiger partial charge in [0.1, 0.15) is 0 Å². The second-order valence-electron chi connectivity index (χ2n) is 2.86. The Hall–Kier alpha value is -1.70. The van der Waals surface area contributed by atoms with Crippen molar-refractivity contribution in [3.63, 3.8) is 0 Å². The molecule has 16 heavy (non-hydrogen) atoms. The third-order valence-electron chi connectivity index (χ3n) is 1.53. The van der Waals surface area contributed by atoms with Crippen LogP contribution in [0.4, 0.5) is 14.5 Å². The predicted octanol–water partition coefficient (Wildman–Crippen LogP) is 0.791. The molecule has 2 N–H and O–H groups in total. The summed E-state index contributed by atoms with van der Waals surface area (Å²) < 4.78 is 49.5. The van der Waals surface area contributed by atoms with Crippen LogP contribution < -0.4 is 4.72 Å². The molecular formula is C8H7F2NO4S. The molecule has 0 atom stereocenters. The second kappa shape index (κ2) is 4.44. The molecule has 88 valence electrons. The molecule has 0 aliphatic carbocycles. The summed E-state index contributed by atoms with van der Waals surface area (Å²) in [5, 5.41) is 8.26. The number of rotatable bonds is 4. The van der Waals surface area contributed by atoms with Crippen LogP contribution in [-0.4, -0.2) is 25.2 Å². The van der Waals surface area contributed by atoms with Gasteiger partial charge in [0.05, 0.1) is 5.69 Å². The molecule has 0 radical (unpaired) electrons. The molecule has 0 fully saturated rings. The van der Waals surface area contributed by atoms with Gasteiger partial charge in [0.2, 0.25) is 10.0 Å². The fourth-order valence-corrected chi connectivity index (χ4v) is 1.84. The molecule has 5 nitrogen and oxygen atoms in total. The maximum atomic E-state index is 13.0. The van der Waals surface area contributed by atoms with E-state index in [-0.39, 0.29) is 0 Å². The Bertz CT molecular complexity index is 515. The summed E-state index contributed by atoms with van der Waals surface area (Å²) in [6, 6.07) is 2.89. The molecule has 1 aromatic rings. The molecule has 0 heterocycles. The number of sulfonamides is 1. The first-order chi connectivity index (χ1) is 7.32. The fraction of sp³-hybridized carbons (Fsp3) is 0.125. The standard InChI is InChI=1S/C8H7F2NO4S/c9-5-2-1-3-6(8(5)10)11-16(14,15)4-7(12)13/h1-3,11H,4H2,(H,12,13). The van der Waals surface area contributed by atoms with Gasteiger partial charge in [-0.05, 0) is 12.1 Å². The first-order valence-electron chi connectivity index (χ1n) is 3.98. The number of aliphatic carboxylic acids is 1. The SMILES string of the molecule is O=C(O)CS(=O)(=O)Nc1cccc(F)c1F. The predicted molar refractivity (Wildman–Crippen MR) is 51.4 cm³/mol. The van der Waals surface area contributed by atoms with E-state index in [9.17, 15) is 22.0 Å². The van der Waals surface area contributed by atoms with Crippen LogP contribution in [0.5, 0.6) is 0 Å². The van der Waals surface area contributed by atoms with E-state index in [4.69, 9.17) is 5.11 Å². The van der Waals surface area contributed by atoms with Gasteiger partial charge in [-0.1, -0.05) is 6.07 Å². The molecule has 0 unspecified atom stereocenters. The summed E-state index contributed by atoms with van der Waals surface area (Å²) >= 11 is 0. The number of carboxylic acids is 1. The lowest BCUT2D eigenvalue weighted by Crippen LogP contribution is -2.23. The van der Waals surface area contributed by atoms with Gasteiger partial charge in [0.25, 0.3) is 0 Å². The zero-order chi connectivity index (χ0) is 12.3. The zero-order valence-electron chi connectivity index (χ0n) is 7.78. The summed E-state index contributed by atoms with van der Waals surface area (Å²) in [5.74, 6) is -5.42. The van der Waals surface area contributed by atoms with Crippen molar-refractivity contribution < 1.29 is 27.1 Å². The Kier molecular flexibility index (Phi) is 3.43. The Morgan fingerprint density at radius 2 is 2.00 bits per heavy atom. The van der Waals surface area contributed by atoms with Crippen molar-refractivity contribution in [3.8, 4) is 0 Å². The van der Waals surface area contributed by atoms with Crippen molar-refractivity contribution in [2.75, 3.05) is 10.5 Å². The topological polar surface area (TPSA) is 83.5 Å². The Morgan fingerprint density at radius 1 is 1.38 bits per heavy atom. The van der Waals surface area contributed by atoms with E-state index in [1.54, 1.807) is 4.72 Å². The smallest absolute Gasteiger partial charge is 0.320 e. The van der Waals surface area contributed by atoms with Gasteiger partial charge in [-0.25, -0.2) is 17.2 Å². The number of hydrogen-bond donors (Lipinski definition) is 2. The molecule has 1 rings (SSSR count). The van der Waals surface area contributed by atoms with Crippen molar-refractivity contribution in [2.24, 2.45) is 0 Å². The summed E-state index contributed by atoms with van der Waals surface area (Å²) in [5.41, 5.74) is -0.624. The molecule has 0 aromatic heterocycles. The Morgan fingerprint density at radius 3 is 2.56 bits per heavy atom. The summed E-state index contributed by atoms with van der Waals surface area (Å²) in [6.07, 6.45) is 0. The van der Waals surface area contributed by atoms with E-state index < -0.39 is 39.1 Å². The lowest BCUT2D eigenvalue weighted by Gasteiger charge is -2.06. The van der Waals surface area contributed by atoms with E-state index in [0.717, 1.165) is 18.2 Å². The number of halogens is 2. The Labute approximate surface area is 89.8 Å². The number of carbonyl (C=O) groups is 1. The fourth-order valence-electron chi connectivity index (χ4n) is 0.949. The normalized spacial score (nSPS) is 11.1. The van der Waals surface area contributed by atoms with Crippen LogP contribution in [-0.2, 0) is 14.8 Å². The maximum Gasteiger partial charge on any atom is 0.320 e. The molecule has 1 aromatic carbocycles. The van der Waals surface area contributed by atoms with Crippen molar-refractivity contribution >= 4 is 21.7 Å². The van der Waals surface area contributed by atoms with Crippen molar-refractivity contribution in [1.82, 2.24) is 0 Å². The first kappa shape index (κ1) is 12.4. The highest BCUT2D eigenvalue weighted by atomic mass is 32.2. The molecule has 8 heteroatoms. The third-order valence-corrected chi connectivity index (χ3v) is 2.69. The molecule has 0 amide bonds. The average molecular weight is 251 g/mol. The lowest BCUT2D eigenvalue weighted by atomic mass is 10.3. The van der Waals surface area contributed by atoms with Crippen LogP contribution in [0, 0.1) is 11.6 Å². The van der Waals surface area contributed by atoms with E-state index in [1.165, 1.54) is 0 Å². The number of carboxylic acid groups (broad SMARTS) is 1. The first-order valence-corrected chi connectivity index (χ1v) is 5.63. The van der Waals surface area contributed by atoms with Crippen LogP contribution in [0.25, 0.3) is 0 Å². The zero-order valence-corrected chi connectivity index (χ0v) is 8.59. The van der Waals surface area contributed by atoms with E-state index >= 15 is 0 Å². The van der Waals surface area contributed by atoms with Crippen LogP contribution >= 0.6 is 0 Å². The van der Waals surface area contributed by atoms with E-state index in [0.29, 0.717) is 0 Å². The van der Waals surface area contributed by atoms with Gasteiger partial charge in [0, 0.05) is 0 Å². The van der Waals surface area contributed by atoms with Gasteiger partial charge < -0.3 is 5.11 Å². The van der Waals surface area contributed by atoms with E-state index in [1.807, 2.05) is 0 Å². The molecular weight excluding hydrogens is 244 g/mol. The largest absolute Gasteiger partial charge is 0.480 e. The molecule has 0 saturated heterocycles. The minimum absolute atomic E-state index is 0.624. The van der Waals surface area contributed by atoms with Crippen molar-refractivity contribution in [2.45, 2.75) is 0 Å². The lowest BCUT2D eigenvalue weighted by molar-refractivity contribution is -0.134. The molecule has 0 bridgehead atoms. The maximum absolute atomic E-state index is 13.0. The Balaban J connectivity index is 2.97. The highest BCUT2D eigenvalue weighted by Crippen LogP contribution is 2.17. The van der Waals surface area contributed by atoms with Crippen LogP contribution in [0.3, 0.4) is 0 Å². The monoisotopic (exact) mass is 251 g/mol. The molecule has 0 aliphatic rings. The minimum atomic E-state index is -4.23. The molecule has 0 aliphatic heterocycles. The quantitative estimate of drug-likeness (QED) is 0.828. The highest BCUT2D eigenvalue weighted by molar-refractivity contribution is 7.93. The number of anilines is 1. The second-order valence-corrected chi connectivity index (χ2v) is 4.58. The number of hydrogen-bond acceptors (Lipinski definition) is 3. The van der Waals surface area contributed by atoms with Crippen LogP contribution in [0.1, 0.15) is 0 Å². The van der Waals surface area contributed by atoms with Gasteiger partial charge in [-0.3, -0.25) is 9.52 Å². The third kappa shape index (κ3) is 3.16. The summed E-state index contributed by atoms with van der Waals surface area (Å²) in [6.45, 7) is 0. The molecule has 0 saturated carbocycles. The summed E-state index contributed by atoms with van der Waals surface area (Å²) in [7, 11) is -4.23. The minimum Gasteiger partial charge on any atom is -0.480 e. The van der Waals surface area contributed by atoms with E-state index in [2.05, 4.69) is 0 Å². The number of benzene rings is 1. The van der Waals surface area contributed by atoms with Gasteiger partial charge >= 0.3 is 5.97 Å². The number of nitrogens with one attached hydrogen (secondary N) is 1. The van der Waals surface area contributed by atoms with Gasteiger partial charge in [-0.15, -0.1) is 0 Å². The van der Waals surface area contributed by atoms with Crippen molar-refractivity contribution in [3.05, 3.63) is 29.8 Å². The van der Waals surface area contributed by atoms with Crippen LogP contribution in [0.15, 0.2) is 18.2 Å². The summed E-state index contributed by atoms with van der Waals surface area (Å²) in [4.78, 5) is 10.2.